The molecule has 3 N–H and O–H groups in total. The van der Waals surface area contributed by atoms with Crippen molar-refractivity contribution in [3.63, 3.8) is 0 Å². The first kappa shape index (κ1) is 23.2. The maximum absolute atomic E-state index is 13.2. The first-order chi connectivity index (χ1) is 17.6. The van der Waals surface area contributed by atoms with Crippen molar-refractivity contribution in [1.29, 1.82) is 0 Å². The zero-order valence-electron chi connectivity index (χ0n) is 20.3. The van der Waals surface area contributed by atoms with Crippen molar-refractivity contribution in [3.8, 4) is 11.5 Å². The lowest BCUT2D eigenvalue weighted by Gasteiger charge is -2.18. The summed E-state index contributed by atoms with van der Waals surface area (Å²) >= 11 is 0. The molecule has 11 heteroatoms. The lowest BCUT2D eigenvalue weighted by molar-refractivity contribution is -0.122. The van der Waals surface area contributed by atoms with Crippen LogP contribution in [0, 0.1) is 5.82 Å². The standard InChI is InChI=1S/C26H23FN6O3S/c1-4-33-22-13-21-20(12-18(22)26(2,3)25(33)34)28-24(29-21)23-17-11-15(7-10-19(17)30-31-23)32-37(35,36)16-8-5-14(27)6-9-16/h5-13,32H,4H2,1-3H3,(H,28,29)(H,30,31). The molecule has 0 fully saturated rings. The molecular formula is C26H23FN6O3S. The molecular weight excluding hydrogens is 495 g/mol. The molecule has 188 valence electrons. The van der Waals surface area contributed by atoms with Gasteiger partial charge in [0.1, 0.15) is 11.5 Å². The predicted octanol–water partition coefficient (Wildman–Crippen LogP) is 4.69. The Morgan fingerprint density at radius 2 is 1.81 bits per heavy atom. The minimum atomic E-state index is -3.91. The summed E-state index contributed by atoms with van der Waals surface area (Å²) in [6.45, 7) is 6.35. The molecule has 1 amide bonds. The Hall–Kier alpha value is -4.25. The summed E-state index contributed by atoms with van der Waals surface area (Å²) in [5, 5.41) is 8.04. The third-order valence-corrected chi connectivity index (χ3v) is 8.22. The van der Waals surface area contributed by atoms with E-state index in [1.54, 1.807) is 23.1 Å². The summed E-state index contributed by atoms with van der Waals surface area (Å²) in [6, 6.07) is 13.5. The van der Waals surface area contributed by atoms with E-state index in [-0.39, 0.29) is 10.8 Å². The van der Waals surface area contributed by atoms with E-state index in [1.807, 2.05) is 32.9 Å². The van der Waals surface area contributed by atoms with Crippen molar-refractivity contribution in [1.82, 2.24) is 20.2 Å². The van der Waals surface area contributed by atoms with Crippen LogP contribution >= 0.6 is 0 Å². The molecule has 0 spiro atoms. The Kier molecular flexibility index (Phi) is 4.93. The number of hydrogen-bond acceptors (Lipinski definition) is 5. The van der Waals surface area contributed by atoms with Crippen LogP contribution < -0.4 is 9.62 Å². The molecule has 9 nitrogen and oxygen atoms in total. The molecule has 0 atom stereocenters. The van der Waals surface area contributed by atoms with Crippen molar-refractivity contribution in [2.24, 2.45) is 0 Å². The second-order valence-corrected chi connectivity index (χ2v) is 11.2. The number of likely N-dealkylation sites (N-methyl/N-ethyl adjacent to an activating group) is 1. The number of halogens is 1. The Morgan fingerprint density at radius 1 is 1.05 bits per heavy atom. The average Bonchev–Trinajstić information content (AvgIpc) is 3.51. The van der Waals surface area contributed by atoms with E-state index in [4.69, 9.17) is 4.98 Å². The topological polar surface area (TPSA) is 124 Å². The minimum Gasteiger partial charge on any atom is -0.337 e. The van der Waals surface area contributed by atoms with E-state index in [0.717, 1.165) is 28.9 Å². The van der Waals surface area contributed by atoms with Gasteiger partial charge < -0.3 is 9.88 Å². The number of nitrogens with one attached hydrogen (secondary N) is 3. The van der Waals surface area contributed by atoms with Gasteiger partial charge in [0.05, 0.1) is 32.5 Å². The number of benzene rings is 3. The number of aromatic nitrogens is 4. The summed E-state index contributed by atoms with van der Waals surface area (Å²) in [7, 11) is -3.91. The molecule has 5 aromatic rings. The summed E-state index contributed by atoms with van der Waals surface area (Å²) in [5.74, 6) is 0.0551. The fourth-order valence-electron chi connectivity index (χ4n) is 4.84. The zero-order valence-corrected chi connectivity index (χ0v) is 21.1. The van der Waals surface area contributed by atoms with Gasteiger partial charge in [-0.3, -0.25) is 14.6 Å². The van der Waals surface area contributed by atoms with Crippen LogP contribution in [-0.2, 0) is 20.2 Å². The molecule has 6 rings (SSSR count). The number of nitrogens with zero attached hydrogens (tertiary/aromatic N) is 3. The van der Waals surface area contributed by atoms with Crippen LogP contribution in [0.1, 0.15) is 26.3 Å². The largest absolute Gasteiger partial charge is 0.337 e. The third-order valence-electron chi connectivity index (χ3n) is 6.82. The van der Waals surface area contributed by atoms with Crippen molar-refractivity contribution in [2.75, 3.05) is 16.2 Å². The molecule has 1 aliphatic rings. The van der Waals surface area contributed by atoms with Gasteiger partial charge >= 0.3 is 0 Å². The highest BCUT2D eigenvalue weighted by atomic mass is 32.2. The number of anilines is 2. The lowest BCUT2D eigenvalue weighted by atomic mass is 9.86. The van der Waals surface area contributed by atoms with E-state index in [9.17, 15) is 17.6 Å². The number of sulfonamides is 1. The third kappa shape index (κ3) is 3.57. The maximum atomic E-state index is 13.2. The van der Waals surface area contributed by atoms with E-state index in [0.29, 0.717) is 40.2 Å². The van der Waals surface area contributed by atoms with Crippen LogP contribution in [0.3, 0.4) is 0 Å². The summed E-state index contributed by atoms with van der Waals surface area (Å²) in [4.78, 5) is 22.6. The Balaban J connectivity index is 1.40. The molecule has 0 radical (unpaired) electrons. The average molecular weight is 519 g/mol. The van der Waals surface area contributed by atoms with Gasteiger partial charge in [0.15, 0.2) is 5.82 Å². The number of H-pyrrole nitrogens is 2. The highest BCUT2D eigenvalue weighted by molar-refractivity contribution is 7.92. The van der Waals surface area contributed by atoms with Gasteiger partial charge in [0.25, 0.3) is 10.0 Å². The highest BCUT2D eigenvalue weighted by Gasteiger charge is 2.43. The molecule has 1 aliphatic heterocycles. The summed E-state index contributed by atoms with van der Waals surface area (Å²) < 4.78 is 41.3. The van der Waals surface area contributed by atoms with Gasteiger partial charge in [0, 0.05) is 17.6 Å². The molecule has 0 saturated heterocycles. The second-order valence-electron chi connectivity index (χ2n) is 9.54. The van der Waals surface area contributed by atoms with Crippen LogP contribution in [0.2, 0.25) is 0 Å². The van der Waals surface area contributed by atoms with Crippen molar-refractivity contribution in [2.45, 2.75) is 31.1 Å². The van der Waals surface area contributed by atoms with Crippen molar-refractivity contribution < 1.29 is 17.6 Å². The van der Waals surface area contributed by atoms with Crippen molar-refractivity contribution in [3.05, 3.63) is 66.0 Å². The van der Waals surface area contributed by atoms with Crippen LogP contribution in [0.4, 0.5) is 15.8 Å². The number of amides is 1. The predicted molar refractivity (Wildman–Crippen MR) is 139 cm³/mol. The fraction of sp³-hybridized carbons (Fsp3) is 0.192. The first-order valence-corrected chi connectivity index (χ1v) is 13.2. The number of carbonyl (C=O) groups is 1. The van der Waals surface area contributed by atoms with Gasteiger partial charge in [0.2, 0.25) is 5.91 Å². The molecule has 0 bridgehead atoms. The lowest BCUT2D eigenvalue weighted by Crippen LogP contribution is -2.35. The number of imidazole rings is 1. The maximum Gasteiger partial charge on any atom is 0.261 e. The molecule has 0 aliphatic carbocycles. The van der Waals surface area contributed by atoms with E-state index in [2.05, 4.69) is 19.9 Å². The number of rotatable bonds is 5. The van der Waals surface area contributed by atoms with Gasteiger partial charge in [-0.05, 0) is 80.9 Å². The Morgan fingerprint density at radius 3 is 2.54 bits per heavy atom. The van der Waals surface area contributed by atoms with Gasteiger partial charge in [-0.25, -0.2) is 17.8 Å². The minimum absolute atomic E-state index is 0.0470. The zero-order chi connectivity index (χ0) is 26.1. The summed E-state index contributed by atoms with van der Waals surface area (Å²) in [5.41, 5.74) is 4.18. The molecule has 37 heavy (non-hydrogen) atoms. The van der Waals surface area contributed by atoms with E-state index in [1.165, 1.54) is 12.1 Å². The van der Waals surface area contributed by atoms with Crippen LogP contribution in [0.5, 0.6) is 0 Å². The fourth-order valence-corrected chi connectivity index (χ4v) is 5.89. The van der Waals surface area contributed by atoms with E-state index < -0.39 is 21.3 Å². The van der Waals surface area contributed by atoms with Gasteiger partial charge in [-0.1, -0.05) is 0 Å². The number of aromatic amines is 2. The van der Waals surface area contributed by atoms with Gasteiger partial charge in [-0.15, -0.1) is 0 Å². The van der Waals surface area contributed by atoms with Gasteiger partial charge in [-0.2, -0.15) is 5.10 Å². The molecule has 3 aromatic carbocycles. The SMILES string of the molecule is CCN1C(=O)C(C)(C)c2cc3[nH]c(-c4n[nH]c5ccc(NS(=O)(=O)c6ccc(F)cc6)cc45)nc3cc21. The number of hydrogen-bond donors (Lipinski definition) is 3. The van der Waals surface area contributed by atoms with Crippen molar-refractivity contribution >= 4 is 49.2 Å². The number of carbonyl (C=O) groups excluding carboxylic acids is 1. The Bertz CT molecular complexity index is 1820. The number of fused-ring (bicyclic) bond motifs is 3. The quantitative estimate of drug-likeness (QED) is 0.311. The normalized spacial score (nSPS) is 15.0. The smallest absolute Gasteiger partial charge is 0.261 e. The molecule has 0 saturated carbocycles. The van der Waals surface area contributed by atoms with Crippen LogP contribution in [-0.4, -0.2) is 41.0 Å². The van der Waals surface area contributed by atoms with Crippen LogP contribution in [0.15, 0.2) is 59.5 Å². The molecule has 3 heterocycles. The van der Waals surface area contributed by atoms with E-state index >= 15 is 0 Å². The Labute approximate surface area is 211 Å². The summed E-state index contributed by atoms with van der Waals surface area (Å²) in [6.07, 6.45) is 0. The monoisotopic (exact) mass is 518 g/mol. The molecule has 0 unspecified atom stereocenters. The second kappa shape index (κ2) is 7.87. The first-order valence-electron chi connectivity index (χ1n) is 11.7. The highest BCUT2D eigenvalue weighted by Crippen LogP contribution is 2.43. The molecule has 2 aromatic heterocycles. The van der Waals surface area contributed by atoms with Crippen LogP contribution in [0.25, 0.3) is 33.5 Å².